The van der Waals surface area contributed by atoms with E-state index in [-0.39, 0.29) is 24.8 Å². The number of rotatable bonds is 2. The minimum atomic E-state index is 0. The van der Waals surface area contributed by atoms with Gasteiger partial charge in [0.15, 0.2) is 5.82 Å². The Morgan fingerprint density at radius 1 is 1.40 bits per heavy atom. The lowest BCUT2D eigenvalue weighted by Gasteiger charge is -2.10. The second-order valence-corrected chi connectivity index (χ2v) is 3.73. The molecule has 4 nitrogen and oxygen atoms in total. The van der Waals surface area contributed by atoms with Crippen molar-refractivity contribution < 1.29 is 0 Å². The summed E-state index contributed by atoms with van der Waals surface area (Å²) in [5, 5.41) is 7.63. The Kier molecular flexibility index (Phi) is 5.83. The van der Waals surface area contributed by atoms with E-state index >= 15 is 0 Å². The van der Waals surface area contributed by atoms with Crippen LogP contribution in [-0.2, 0) is 7.05 Å². The van der Waals surface area contributed by atoms with E-state index in [9.17, 15) is 0 Å². The van der Waals surface area contributed by atoms with Crippen molar-refractivity contribution >= 4 is 36.3 Å². The first-order valence-corrected chi connectivity index (χ1v) is 4.81. The maximum atomic E-state index is 5.77. The van der Waals surface area contributed by atoms with Gasteiger partial charge in [0.05, 0.1) is 5.69 Å². The Labute approximate surface area is 102 Å². The number of nitrogens with zero attached hydrogens (tertiary/aromatic N) is 2. The molecule has 0 amide bonds. The van der Waals surface area contributed by atoms with Crippen LogP contribution in [0.15, 0.2) is 6.20 Å². The molecule has 0 aliphatic heterocycles. The standard InChI is InChI=1S/C9H16N4.2ClH/c1-13-6-8(10)9(12-13)11-7-4-2-3-5-7;;/h6-7H,2-5,10H2,1H3,(H,11,12);2*1H. The van der Waals surface area contributed by atoms with Crippen LogP contribution in [0.4, 0.5) is 11.5 Å². The molecule has 0 atom stereocenters. The van der Waals surface area contributed by atoms with Gasteiger partial charge in [-0.3, -0.25) is 4.68 Å². The van der Waals surface area contributed by atoms with Crippen LogP contribution in [0.25, 0.3) is 0 Å². The topological polar surface area (TPSA) is 55.9 Å². The van der Waals surface area contributed by atoms with Crippen LogP contribution >= 0.6 is 24.8 Å². The monoisotopic (exact) mass is 252 g/mol. The highest BCUT2D eigenvalue weighted by atomic mass is 35.5. The van der Waals surface area contributed by atoms with Crippen molar-refractivity contribution in [1.29, 1.82) is 0 Å². The zero-order chi connectivity index (χ0) is 9.26. The third kappa shape index (κ3) is 3.47. The number of aryl methyl sites for hydroxylation is 1. The number of hydrogen-bond acceptors (Lipinski definition) is 3. The van der Waals surface area contributed by atoms with Gasteiger partial charge in [-0.2, -0.15) is 5.10 Å². The number of nitrogens with two attached hydrogens (primary N) is 1. The highest BCUT2D eigenvalue weighted by Gasteiger charge is 2.16. The number of hydrogen-bond donors (Lipinski definition) is 2. The smallest absolute Gasteiger partial charge is 0.171 e. The molecular weight excluding hydrogens is 235 g/mol. The third-order valence-electron chi connectivity index (χ3n) is 2.55. The average Bonchev–Trinajstić information content (AvgIpc) is 2.63. The second-order valence-electron chi connectivity index (χ2n) is 3.73. The molecule has 1 aromatic heterocycles. The Hall–Kier alpha value is -0.610. The van der Waals surface area contributed by atoms with Gasteiger partial charge in [-0.05, 0) is 12.8 Å². The van der Waals surface area contributed by atoms with Gasteiger partial charge in [-0.1, -0.05) is 12.8 Å². The third-order valence-corrected chi connectivity index (χ3v) is 2.55. The number of aromatic nitrogens is 2. The van der Waals surface area contributed by atoms with Gasteiger partial charge >= 0.3 is 0 Å². The van der Waals surface area contributed by atoms with Crippen molar-refractivity contribution in [2.24, 2.45) is 7.05 Å². The van der Waals surface area contributed by atoms with E-state index in [1.54, 1.807) is 4.68 Å². The molecule has 0 bridgehead atoms. The first-order valence-electron chi connectivity index (χ1n) is 4.81. The van der Waals surface area contributed by atoms with E-state index in [2.05, 4.69) is 10.4 Å². The fourth-order valence-corrected chi connectivity index (χ4v) is 1.88. The van der Waals surface area contributed by atoms with Crippen LogP contribution in [0.3, 0.4) is 0 Å². The highest BCUT2D eigenvalue weighted by Crippen LogP contribution is 2.23. The number of anilines is 2. The first kappa shape index (κ1) is 14.4. The second kappa shape index (κ2) is 6.08. The highest BCUT2D eigenvalue weighted by molar-refractivity contribution is 5.85. The summed E-state index contributed by atoms with van der Waals surface area (Å²) in [5.74, 6) is 0.842. The van der Waals surface area contributed by atoms with E-state index in [4.69, 9.17) is 5.73 Å². The average molecular weight is 253 g/mol. The summed E-state index contributed by atoms with van der Waals surface area (Å²) in [6.07, 6.45) is 6.97. The molecule has 6 heteroatoms. The summed E-state index contributed by atoms with van der Waals surface area (Å²) >= 11 is 0. The fraction of sp³-hybridized carbons (Fsp3) is 0.667. The van der Waals surface area contributed by atoms with Crippen molar-refractivity contribution in [3.8, 4) is 0 Å². The Morgan fingerprint density at radius 2 is 2.00 bits per heavy atom. The minimum Gasteiger partial charge on any atom is -0.394 e. The summed E-state index contributed by atoms with van der Waals surface area (Å²) in [6, 6.07) is 0.581. The molecule has 1 aliphatic rings. The van der Waals surface area contributed by atoms with Crippen LogP contribution in [0, 0.1) is 0 Å². The maximum absolute atomic E-state index is 5.77. The molecule has 0 saturated heterocycles. The van der Waals surface area contributed by atoms with Crippen molar-refractivity contribution in [3.63, 3.8) is 0 Å². The zero-order valence-corrected chi connectivity index (χ0v) is 10.4. The molecule has 1 heterocycles. The summed E-state index contributed by atoms with van der Waals surface area (Å²) in [4.78, 5) is 0. The van der Waals surface area contributed by atoms with Crippen LogP contribution < -0.4 is 11.1 Å². The molecule has 2 rings (SSSR count). The van der Waals surface area contributed by atoms with Gasteiger partial charge in [0.25, 0.3) is 0 Å². The van der Waals surface area contributed by atoms with Crippen molar-refractivity contribution in [3.05, 3.63) is 6.20 Å². The van der Waals surface area contributed by atoms with Gasteiger partial charge in [0, 0.05) is 19.3 Å². The summed E-state index contributed by atoms with van der Waals surface area (Å²) in [5.41, 5.74) is 6.52. The number of nitrogen functional groups attached to an aromatic ring is 1. The molecule has 1 aliphatic carbocycles. The summed E-state index contributed by atoms with van der Waals surface area (Å²) in [7, 11) is 1.89. The van der Waals surface area contributed by atoms with Crippen molar-refractivity contribution in [2.45, 2.75) is 31.7 Å². The Morgan fingerprint density at radius 3 is 2.47 bits per heavy atom. The van der Waals surface area contributed by atoms with Crippen LogP contribution in [0.1, 0.15) is 25.7 Å². The molecule has 1 fully saturated rings. The Bertz CT molecular complexity index is 294. The van der Waals surface area contributed by atoms with Gasteiger partial charge in [0.1, 0.15) is 0 Å². The maximum Gasteiger partial charge on any atom is 0.171 e. The van der Waals surface area contributed by atoms with E-state index < -0.39 is 0 Å². The molecule has 0 radical (unpaired) electrons. The van der Waals surface area contributed by atoms with Gasteiger partial charge in [0.2, 0.25) is 0 Å². The lowest BCUT2D eigenvalue weighted by atomic mass is 10.2. The largest absolute Gasteiger partial charge is 0.394 e. The molecule has 1 aromatic rings. The summed E-state index contributed by atoms with van der Waals surface area (Å²) < 4.78 is 1.74. The normalized spacial score (nSPS) is 15.5. The lowest BCUT2D eigenvalue weighted by Crippen LogP contribution is -2.15. The molecular formula is C9H18Cl2N4. The van der Waals surface area contributed by atoms with Gasteiger partial charge in [-0.15, -0.1) is 24.8 Å². The Balaban J connectivity index is 0.000000980. The van der Waals surface area contributed by atoms with Crippen LogP contribution in [0.2, 0.25) is 0 Å². The molecule has 88 valence electrons. The van der Waals surface area contributed by atoms with E-state index in [1.165, 1.54) is 25.7 Å². The molecule has 15 heavy (non-hydrogen) atoms. The number of halogens is 2. The van der Waals surface area contributed by atoms with E-state index in [1.807, 2.05) is 13.2 Å². The van der Waals surface area contributed by atoms with E-state index in [0.717, 1.165) is 11.5 Å². The zero-order valence-electron chi connectivity index (χ0n) is 8.77. The van der Waals surface area contributed by atoms with Gasteiger partial charge in [-0.25, -0.2) is 0 Å². The van der Waals surface area contributed by atoms with E-state index in [0.29, 0.717) is 6.04 Å². The van der Waals surface area contributed by atoms with Crippen LogP contribution in [0.5, 0.6) is 0 Å². The van der Waals surface area contributed by atoms with Crippen molar-refractivity contribution in [1.82, 2.24) is 9.78 Å². The summed E-state index contributed by atoms with van der Waals surface area (Å²) in [6.45, 7) is 0. The minimum absolute atomic E-state index is 0. The molecule has 1 saturated carbocycles. The molecule has 3 N–H and O–H groups in total. The number of nitrogens with one attached hydrogen (secondary N) is 1. The van der Waals surface area contributed by atoms with Gasteiger partial charge < -0.3 is 11.1 Å². The van der Waals surface area contributed by atoms with Crippen molar-refractivity contribution in [2.75, 3.05) is 11.1 Å². The quantitative estimate of drug-likeness (QED) is 0.849. The lowest BCUT2D eigenvalue weighted by molar-refractivity contribution is 0.728. The predicted molar refractivity (Wildman–Crippen MR) is 68.0 cm³/mol. The molecule has 0 spiro atoms. The SMILES string of the molecule is Cl.Cl.Cn1cc(N)c(NC2CCCC2)n1. The fourth-order valence-electron chi connectivity index (χ4n) is 1.88. The first-order chi connectivity index (χ1) is 6.25. The van der Waals surface area contributed by atoms with Crippen LogP contribution in [-0.4, -0.2) is 15.8 Å². The molecule has 0 aromatic carbocycles. The molecule has 0 unspecified atom stereocenters. The predicted octanol–water partition coefficient (Wildman–Crippen LogP) is 2.20.